The molecule has 9 nitrogen and oxygen atoms in total. The number of aliphatic carboxylic acids is 1. The van der Waals surface area contributed by atoms with E-state index in [1.807, 2.05) is 30.3 Å². The number of allylic oxidation sites excluding steroid dienone is 1. The first kappa shape index (κ1) is 22.9. The van der Waals surface area contributed by atoms with Gasteiger partial charge in [0.2, 0.25) is 11.8 Å². The summed E-state index contributed by atoms with van der Waals surface area (Å²) in [5, 5.41) is 14.9. The zero-order valence-corrected chi connectivity index (χ0v) is 18.7. The maximum atomic E-state index is 12.7. The average molecular weight is 460 g/mol. The lowest BCUT2D eigenvalue weighted by molar-refractivity contribution is -0.137. The molecule has 174 valence electrons. The highest BCUT2D eigenvalue weighted by Gasteiger charge is 2.35. The quantitative estimate of drug-likeness (QED) is 0.474. The van der Waals surface area contributed by atoms with Gasteiger partial charge >= 0.3 is 5.97 Å². The van der Waals surface area contributed by atoms with Gasteiger partial charge in [0, 0.05) is 23.4 Å². The number of anilines is 1. The summed E-state index contributed by atoms with van der Waals surface area (Å²) < 4.78 is 1.78. The third kappa shape index (κ3) is 4.59. The number of hydrogen-bond acceptors (Lipinski definition) is 5. The van der Waals surface area contributed by atoms with E-state index >= 15 is 0 Å². The number of carbonyl (C=O) groups excluding carboxylic acids is 3. The predicted octanol–water partition coefficient (Wildman–Crippen LogP) is 3.04. The number of aromatic nitrogens is 2. The number of carboxylic acid groups (broad SMARTS) is 1. The molecule has 4 rings (SSSR count). The lowest BCUT2D eigenvalue weighted by Gasteiger charge is -2.18. The molecule has 3 aromatic rings. The van der Waals surface area contributed by atoms with Crippen LogP contribution in [0.1, 0.15) is 38.3 Å². The molecule has 0 spiro atoms. The molecular formula is C25H24N4O5. The summed E-state index contributed by atoms with van der Waals surface area (Å²) in [5.41, 5.74) is 3.41. The van der Waals surface area contributed by atoms with Crippen LogP contribution in [0.15, 0.2) is 66.1 Å². The molecule has 0 radical (unpaired) electrons. The van der Waals surface area contributed by atoms with Crippen LogP contribution in [-0.2, 0) is 19.2 Å². The van der Waals surface area contributed by atoms with Gasteiger partial charge in [-0.05, 0) is 37.6 Å². The van der Waals surface area contributed by atoms with Crippen molar-refractivity contribution in [3.8, 4) is 0 Å². The van der Waals surface area contributed by atoms with Crippen molar-refractivity contribution >= 4 is 40.3 Å². The van der Waals surface area contributed by atoms with Crippen LogP contribution in [0.2, 0.25) is 0 Å². The van der Waals surface area contributed by atoms with E-state index < -0.39 is 23.8 Å². The fourth-order valence-corrected chi connectivity index (χ4v) is 4.40. The van der Waals surface area contributed by atoms with Crippen molar-refractivity contribution < 1.29 is 24.3 Å². The predicted molar refractivity (Wildman–Crippen MR) is 125 cm³/mol. The highest BCUT2D eigenvalue weighted by atomic mass is 16.4. The van der Waals surface area contributed by atoms with Crippen LogP contribution in [-0.4, -0.2) is 38.2 Å². The van der Waals surface area contributed by atoms with Gasteiger partial charge in [-0.25, -0.2) is 4.98 Å². The van der Waals surface area contributed by atoms with E-state index in [1.54, 1.807) is 36.0 Å². The molecule has 0 fully saturated rings. The smallest absolute Gasteiger partial charge is 0.305 e. The van der Waals surface area contributed by atoms with Crippen molar-refractivity contribution in [3.63, 3.8) is 0 Å². The first-order valence-electron chi connectivity index (χ1n) is 10.8. The Balaban J connectivity index is 1.60. The maximum absolute atomic E-state index is 12.7. The minimum absolute atomic E-state index is 0.137. The number of rotatable bonds is 8. The van der Waals surface area contributed by atoms with Gasteiger partial charge in [0.1, 0.15) is 0 Å². The molecule has 0 saturated carbocycles. The third-order valence-corrected chi connectivity index (χ3v) is 5.90. The Morgan fingerprint density at radius 1 is 1.18 bits per heavy atom. The zero-order chi connectivity index (χ0) is 24.4. The standard InChI is InChI=1S/C25H24N4O5/c1-14-24(15(2)30)18(25(34)27-14)11-22(31)28-17-8-9-19-21(10-17)29(13-26-19)20(12-23(32)33)16-6-4-3-5-7-16/h3-10,13,18,20H,11-12H2,1-2H3,(H,27,34)(H,28,31)(H,32,33). The van der Waals surface area contributed by atoms with E-state index in [-0.39, 0.29) is 24.5 Å². The van der Waals surface area contributed by atoms with Gasteiger partial charge in [0.05, 0.1) is 35.7 Å². The molecular weight excluding hydrogens is 436 g/mol. The van der Waals surface area contributed by atoms with Crippen molar-refractivity contribution in [1.82, 2.24) is 14.9 Å². The van der Waals surface area contributed by atoms with Crippen molar-refractivity contribution in [2.75, 3.05) is 5.32 Å². The second kappa shape index (κ2) is 9.30. The van der Waals surface area contributed by atoms with E-state index in [0.29, 0.717) is 28.0 Å². The Labute approximate surface area is 195 Å². The highest BCUT2D eigenvalue weighted by Crippen LogP contribution is 2.29. The number of ketones is 1. The average Bonchev–Trinajstić information content (AvgIpc) is 3.32. The number of fused-ring (bicyclic) bond motifs is 1. The molecule has 2 amide bonds. The van der Waals surface area contributed by atoms with E-state index in [0.717, 1.165) is 5.56 Å². The first-order chi connectivity index (χ1) is 16.2. The molecule has 2 aromatic carbocycles. The third-order valence-electron chi connectivity index (χ3n) is 5.90. The highest BCUT2D eigenvalue weighted by molar-refractivity contribution is 6.07. The van der Waals surface area contributed by atoms with Crippen molar-refractivity contribution in [2.45, 2.75) is 32.7 Å². The van der Waals surface area contributed by atoms with E-state index in [2.05, 4.69) is 15.6 Å². The van der Waals surface area contributed by atoms with Gasteiger partial charge in [0.25, 0.3) is 0 Å². The number of Topliss-reactive ketones (excluding diaryl/α,β-unsaturated/α-hetero) is 1. The summed E-state index contributed by atoms with van der Waals surface area (Å²) in [6.07, 6.45) is 1.29. The van der Waals surface area contributed by atoms with Gasteiger partial charge in [-0.1, -0.05) is 30.3 Å². The van der Waals surface area contributed by atoms with Gasteiger partial charge in [-0.15, -0.1) is 0 Å². The van der Waals surface area contributed by atoms with Crippen LogP contribution in [0.25, 0.3) is 11.0 Å². The topological polar surface area (TPSA) is 130 Å². The Kier molecular flexibility index (Phi) is 6.27. The fourth-order valence-electron chi connectivity index (χ4n) is 4.40. The second-order valence-electron chi connectivity index (χ2n) is 8.27. The summed E-state index contributed by atoms with van der Waals surface area (Å²) >= 11 is 0. The van der Waals surface area contributed by atoms with E-state index in [9.17, 15) is 24.3 Å². The largest absolute Gasteiger partial charge is 0.481 e. The summed E-state index contributed by atoms with van der Waals surface area (Å²) in [6.45, 7) is 3.02. The molecule has 0 bridgehead atoms. The molecule has 2 heterocycles. The summed E-state index contributed by atoms with van der Waals surface area (Å²) in [6, 6.07) is 13.9. The normalized spacial score (nSPS) is 16.4. The molecule has 1 aromatic heterocycles. The zero-order valence-electron chi connectivity index (χ0n) is 18.7. The molecule has 0 aliphatic carbocycles. The van der Waals surface area contributed by atoms with Crippen LogP contribution in [0.3, 0.4) is 0 Å². The van der Waals surface area contributed by atoms with Gasteiger partial charge in [-0.3, -0.25) is 19.2 Å². The lowest BCUT2D eigenvalue weighted by atomic mass is 9.93. The van der Waals surface area contributed by atoms with Crippen molar-refractivity contribution in [2.24, 2.45) is 5.92 Å². The minimum atomic E-state index is -0.945. The lowest BCUT2D eigenvalue weighted by Crippen LogP contribution is -2.27. The van der Waals surface area contributed by atoms with Crippen molar-refractivity contribution in [3.05, 3.63) is 71.7 Å². The van der Waals surface area contributed by atoms with Crippen LogP contribution >= 0.6 is 0 Å². The van der Waals surface area contributed by atoms with Crippen LogP contribution in [0, 0.1) is 5.92 Å². The molecule has 1 aliphatic rings. The molecule has 9 heteroatoms. The Bertz CT molecular complexity index is 1330. The molecule has 2 unspecified atom stereocenters. The molecule has 0 saturated heterocycles. The second-order valence-corrected chi connectivity index (χ2v) is 8.27. The van der Waals surface area contributed by atoms with Gasteiger partial charge in [-0.2, -0.15) is 0 Å². The van der Waals surface area contributed by atoms with Gasteiger partial charge in [0.15, 0.2) is 5.78 Å². The van der Waals surface area contributed by atoms with Crippen molar-refractivity contribution in [1.29, 1.82) is 0 Å². The Morgan fingerprint density at radius 2 is 1.91 bits per heavy atom. The molecule has 34 heavy (non-hydrogen) atoms. The number of hydrogen-bond donors (Lipinski definition) is 3. The number of nitrogens with zero attached hydrogens (tertiary/aromatic N) is 2. The molecule has 3 N–H and O–H groups in total. The number of nitrogens with one attached hydrogen (secondary N) is 2. The maximum Gasteiger partial charge on any atom is 0.305 e. The van der Waals surface area contributed by atoms with E-state index in [4.69, 9.17) is 0 Å². The monoisotopic (exact) mass is 460 g/mol. The number of benzene rings is 2. The number of amides is 2. The summed E-state index contributed by atoms with van der Waals surface area (Å²) in [4.78, 5) is 52.8. The SMILES string of the molecule is CC(=O)C1=C(C)NC(=O)C1CC(=O)Nc1ccc2ncn(C(CC(=O)O)c3ccccc3)c2c1. The Hall–Kier alpha value is -4.27. The fraction of sp³-hybridized carbons (Fsp3) is 0.240. The number of imidazole rings is 1. The van der Waals surface area contributed by atoms with Crippen LogP contribution < -0.4 is 10.6 Å². The first-order valence-corrected chi connectivity index (χ1v) is 10.8. The minimum Gasteiger partial charge on any atom is -0.481 e. The molecule has 2 atom stereocenters. The number of carboxylic acids is 1. The number of carbonyl (C=O) groups is 4. The summed E-state index contributed by atoms with van der Waals surface area (Å²) in [7, 11) is 0. The van der Waals surface area contributed by atoms with Crippen LogP contribution in [0.4, 0.5) is 5.69 Å². The summed E-state index contributed by atoms with van der Waals surface area (Å²) in [5.74, 6) is -2.80. The molecule has 1 aliphatic heterocycles. The Morgan fingerprint density at radius 3 is 2.59 bits per heavy atom. The van der Waals surface area contributed by atoms with E-state index in [1.165, 1.54) is 6.92 Å². The van der Waals surface area contributed by atoms with Gasteiger partial charge < -0.3 is 20.3 Å². The van der Waals surface area contributed by atoms with Crippen LogP contribution in [0.5, 0.6) is 0 Å².